The summed E-state index contributed by atoms with van der Waals surface area (Å²) >= 11 is 0. The molecule has 1 spiro atoms. The molecule has 2 saturated heterocycles. The molecule has 82 valence electrons. The van der Waals surface area contributed by atoms with Crippen molar-refractivity contribution in [2.75, 3.05) is 26.2 Å². The minimum Gasteiger partial charge on any atom is -0.317 e. The summed E-state index contributed by atoms with van der Waals surface area (Å²) in [5, 5.41) is 3.48. The van der Waals surface area contributed by atoms with Crippen molar-refractivity contribution in [3.05, 3.63) is 0 Å². The molecule has 2 aliphatic rings. The van der Waals surface area contributed by atoms with Gasteiger partial charge >= 0.3 is 0 Å². The molecule has 2 heterocycles. The van der Waals surface area contributed by atoms with Crippen molar-refractivity contribution in [2.45, 2.75) is 45.6 Å². The zero-order valence-corrected chi connectivity index (χ0v) is 9.68. The third kappa shape index (κ3) is 1.96. The summed E-state index contributed by atoms with van der Waals surface area (Å²) in [5.41, 5.74) is 0.689. The van der Waals surface area contributed by atoms with Gasteiger partial charge in [-0.25, -0.2) is 0 Å². The molecule has 0 aliphatic carbocycles. The highest BCUT2D eigenvalue weighted by Crippen LogP contribution is 2.39. The average Bonchev–Trinajstić information content (AvgIpc) is 2.62. The minimum atomic E-state index is 0.689. The maximum Gasteiger partial charge on any atom is 0.00645 e. The van der Waals surface area contributed by atoms with Crippen LogP contribution in [0, 0.1) is 5.41 Å². The summed E-state index contributed by atoms with van der Waals surface area (Å²) < 4.78 is 0. The van der Waals surface area contributed by atoms with E-state index < -0.39 is 0 Å². The second-order valence-corrected chi connectivity index (χ2v) is 5.23. The van der Waals surface area contributed by atoms with Gasteiger partial charge in [0, 0.05) is 12.6 Å². The van der Waals surface area contributed by atoms with E-state index in [9.17, 15) is 0 Å². The molecule has 14 heavy (non-hydrogen) atoms. The standard InChI is InChI=1S/C12H24N2/c1-3-11(2)14-9-6-12(10-14)4-7-13-8-5-12/h11,13H,3-10H2,1-2H3. The number of likely N-dealkylation sites (tertiary alicyclic amines) is 1. The Labute approximate surface area is 88.1 Å². The van der Waals surface area contributed by atoms with Crippen LogP contribution in [0.2, 0.25) is 0 Å². The van der Waals surface area contributed by atoms with E-state index in [0.717, 1.165) is 6.04 Å². The van der Waals surface area contributed by atoms with Crippen molar-refractivity contribution in [1.29, 1.82) is 0 Å². The van der Waals surface area contributed by atoms with E-state index in [1.165, 1.54) is 51.9 Å². The van der Waals surface area contributed by atoms with E-state index in [0.29, 0.717) is 5.41 Å². The summed E-state index contributed by atoms with van der Waals surface area (Å²) in [5.74, 6) is 0. The first-order valence-corrected chi connectivity index (χ1v) is 6.20. The van der Waals surface area contributed by atoms with E-state index in [-0.39, 0.29) is 0 Å². The molecule has 2 rings (SSSR count). The smallest absolute Gasteiger partial charge is 0.00645 e. The summed E-state index contributed by atoms with van der Waals surface area (Å²) in [6.07, 6.45) is 5.55. The Bertz CT molecular complexity index is 185. The Morgan fingerprint density at radius 1 is 1.29 bits per heavy atom. The van der Waals surface area contributed by atoms with Crippen LogP contribution in [0.15, 0.2) is 0 Å². The van der Waals surface area contributed by atoms with Crippen molar-refractivity contribution < 1.29 is 0 Å². The van der Waals surface area contributed by atoms with Gasteiger partial charge in [0.25, 0.3) is 0 Å². The fourth-order valence-electron chi connectivity index (χ4n) is 2.97. The van der Waals surface area contributed by atoms with Crippen LogP contribution in [0.5, 0.6) is 0 Å². The van der Waals surface area contributed by atoms with E-state index in [1.807, 2.05) is 0 Å². The van der Waals surface area contributed by atoms with Crippen LogP contribution in [0.1, 0.15) is 39.5 Å². The van der Waals surface area contributed by atoms with Crippen LogP contribution < -0.4 is 5.32 Å². The van der Waals surface area contributed by atoms with Crippen molar-refractivity contribution in [1.82, 2.24) is 10.2 Å². The van der Waals surface area contributed by atoms with Gasteiger partial charge in [-0.3, -0.25) is 0 Å². The highest BCUT2D eigenvalue weighted by Gasteiger charge is 2.39. The molecule has 2 heteroatoms. The minimum absolute atomic E-state index is 0.689. The van der Waals surface area contributed by atoms with Crippen molar-refractivity contribution in [3.8, 4) is 0 Å². The highest BCUT2D eigenvalue weighted by atomic mass is 15.2. The van der Waals surface area contributed by atoms with Gasteiger partial charge in [0.15, 0.2) is 0 Å². The number of piperidine rings is 1. The lowest BCUT2D eigenvalue weighted by Crippen LogP contribution is -2.40. The Morgan fingerprint density at radius 2 is 2.00 bits per heavy atom. The van der Waals surface area contributed by atoms with Gasteiger partial charge < -0.3 is 10.2 Å². The molecule has 2 nitrogen and oxygen atoms in total. The highest BCUT2D eigenvalue weighted by molar-refractivity contribution is 4.94. The molecule has 0 aromatic carbocycles. The molecular weight excluding hydrogens is 172 g/mol. The first-order valence-electron chi connectivity index (χ1n) is 6.20. The number of rotatable bonds is 2. The van der Waals surface area contributed by atoms with Gasteiger partial charge in [-0.1, -0.05) is 6.92 Å². The van der Waals surface area contributed by atoms with E-state index in [2.05, 4.69) is 24.1 Å². The van der Waals surface area contributed by atoms with E-state index in [1.54, 1.807) is 0 Å². The third-order valence-electron chi connectivity index (χ3n) is 4.35. The molecule has 1 unspecified atom stereocenters. The third-order valence-corrected chi connectivity index (χ3v) is 4.35. The van der Waals surface area contributed by atoms with Crippen LogP contribution in [-0.2, 0) is 0 Å². The van der Waals surface area contributed by atoms with Gasteiger partial charge in [0.05, 0.1) is 0 Å². The van der Waals surface area contributed by atoms with E-state index in [4.69, 9.17) is 0 Å². The summed E-state index contributed by atoms with van der Waals surface area (Å²) in [4.78, 5) is 2.70. The fourth-order valence-corrected chi connectivity index (χ4v) is 2.97. The second kappa shape index (κ2) is 4.19. The lowest BCUT2D eigenvalue weighted by molar-refractivity contribution is 0.173. The summed E-state index contributed by atoms with van der Waals surface area (Å²) in [6.45, 7) is 9.87. The maximum atomic E-state index is 3.48. The normalized spacial score (nSPS) is 29.6. The Kier molecular flexibility index (Phi) is 3.13. The number of nitrogens with one attached hydrogen (secondary N) is 1. The first-order chi connectivity index (χ1) is 6.76. The molecule has 1 N–H and O–H groups in total. The Morgan fingerprint density at radius 3 is 2.64 bits per heavy atom. The largest absolute Gasteiger partial charge is 0.317 e. The van der Waals surface area contributed by atoms with Gasteiger partial charge in [-0.05, 0) is 57.7 Å². The SMILES string of the molecule is CCC(C)N1CCC2(CCNCC2)C1. The maximum absolute atomic E-state index is 3.48. The molecule has 0 saturated carbocycles. The molecule has 0 amide bonds. The predicted molar refractivity (Wildman–Crippen MR) is 60.5 cm³/mol. The molecule has 2 aliphatic heterocycles. The van der Waals surface area contributed by atoms with Crippen LogP contribution in [-0.4, -0.2) is 37.1 Å². The first kappa shape index (κ1) is 10.4. The molecule has 0 aromatic heterocycles. The van der Waals surface area contributed by atoms with Crippen molar-refractivity contribution >= 4 is 0 Å². The van der Waals surface area contributed by atoms with Crippen LogP contribution >= 0.6 is 0 Å². The number of nitrogens with zero attached hydrogens (tertiary/aromatic N) is 1. The van der Waals surface area contributed by atoms with E-state index >= 15 is 0 Å². The van der Waals surface area contributed by atoms with Gasteiger partial charge in [-0.2, -0.15) is 0 Å². The summed E-state index contributed by atoms with van der Waals surface area (Å²) in [7, 11) is 0. The topological polar surface area (TPSA) is 15.3 Å². The molecule has 1 atom stereocenters. The molecular formula is C12H24N2. The van der Waals surface area contributed by atoms with Crippen LogP contribution in [0.3, 0.4) is 0 Å². The van der Waals surface area contributed by atoms with Gasteiger partial charge in [0.1, 0.15) is 0 Å². The predicted octanol–water partition coefficient (Wildman–Crippen LogP) is 1.86. The molecule has 0 radical (unpaired) electrons. The number of hydrogen-bond donors (Lipinski definition) is 1. The number of hydrogen-bond acceptors (Lipinski definition) is 2. The lowest BCUT2D eigenvalue weighted by Gasteiger charge is -2.34. The zero-order valence-electron chi connectivity index (χ0n) is 9.68. The molecule has 0 bridgehead atoms. The zero-order chi connectivity index (χ0) is 10.0. The van der Waals surface area contributed by atoms with Gasteiger partial charge in [0.2, 0.25) is 0 Å². The fraction of sp³-hybridized carbons (Fsp3) is 1.00. The van der Waals surface area contributed by atoms with Crippen molar-refractivity contribution in [2.24, 2.45) is 5.41 Å². The molecule has 0 aromatic rings. The van der Waals surface area contributed by atoms with Crippen LogP contribution in [0.4, 0.5) is 0 Å². The van der Waals surface area contributed by atoms with Crippen molar-refractivity contribution in [3.63, 3.8) is 0 Å². The van der Waals surface area contributed by atoms with Crippen LogP contribution in [0.25, 0.3) is 0 Å². The Balaban J connectivity index is 1.92. The Hall–Kier alpha value is -0.0800. The average molecular weight is 196 g/mol. The molecule has 2 fully saturated rings. The van der Waals surface area contributed by atoms with Gasteiger partial charge in [-0.15, -0.1) is 0 Å². The quantitative estimate of drug-likeness (QED) is 0.725. The summed E-state index contributed by atoms with van der Waals surface area (Å²) in [6, 6.07) is 0.796. The monoisotopic (exact) mass is 196 g/mol. The lowest BCUT2D eigenvalue weighted by atomic mass is 9.78. The second-order valence-electron chi connectivity index (χ2n) is 5.23.